The van der Waals surface area contributed by atoms with E-state index in [1.807, 2.05) is 24.4 Å². The Kier molecular flexibility index (Phi) is 3.11. The van der Waals surface area contributed by atoms with Crippen molar-refractivity contribution >= 4 is 10.9 Å². The molecule has 1 saturated heterocycles. The van der Waals surface area contributed by atoms with Gasteiger partial charge in [-0.25, -0.2) is 9.97 Å². The van der Waals surface area contributed by atoms with Gasteiger partial charge in [0.25, 0.3) is 0 Å². The van der Waals surface area contributed by atoms with Crippen molar-refractivity contribution in [2.75, 3.05) is 20.2 Å². The second-order valence-electron chi connectivity index (χ2n) is 4.77. The van der Waals surface area contributed by atoms with Gasteiger partial charge in [-0.2, -0.15) is 0 Å². The van der Waals surface area contributed by atoms with Crippen LogP contribution in [0.1, 0.15) is 12.2 Å². The quantitative estimate of drug-likeness (QED) is 0.892. The predicted octanol–water partition coefficient (Wildman–Crippen LogP) is 1.79. The lowest BCUT2D eigenvalue weighted by molar-refractivity contribution is 0.415. The van der Waals surface area contributed by atoms with Crippen LogP contribution in [0.5, 0.6) is 5.75 Å². The summed E-state index contributed by atoms with van der Waals surface area (Å²) in [4.78, 5) is 9.07. The van der Waals surface area contributed by atoms with Crippen LogP contribution in [-0.2, 0) is 6.42 Å². The summed E-state index contributed by atoms with van der Waals surface area (Å²) in [6.07, 6.45) is 4.08. The molecule has 1 atom stereocenters. The molecule has 3 rings (SSSR count). The summed E-state index contributed by atoms with van der Waals surface area (Å²) in [5.41, 5.74) is 0.963. The van der Waals surface area contributed by atoms with Crippen molar-refractivity contribution in [1.29, 1.82) is 0 Å². The molecule has 2 aromatic rings. The summed E-state index contributed by atoms with van der Waals surface area (Å²) in [5.74, 6) is 2.45. The third-order valence-electron chi connectivity index (χ3n) is 3.47. The van der Waals surface area contributed by atoms with E-state index in [4.69, 9.17) is 4.74 Å². The van der Waals surface area contributed by atoms with Crippen molar-refractivity contribution in [2.24, 2.45) is 5.92 Å². The van der Waals surface area contributed by atoms with Gasteiger partial charge in [0, 0.05) is 24.1 Å². The summed E-state index contributed by atoms with van der Waals surface area (Å²) >= 11 is 0. The lowest BCUT2D eigenvalue weighted by atomic mass is 10.0. The second kappa shape index (κ2) is 4.90. The van der Waals surface area contributed by atoms with Crippen molar-refractivity contribution in [3.8, 4) is 5.75 Å². The van der Waals surface area contributed by atoms with Crippen LogP contribution in [0.2, 0.25) is 0 Å². The van der Waals surface area contributed by atoms with E-state index in [1.54, 1.807) is 7.11 Å². The third kappa shape index (κ3) is 2.29. The first-order chi connectivity index (χ1) is 8.85. The van der Waals surface area contributed by atoms with Gasteiger partial charge < -0.3 is 10.1 Å². The molecule has 94 valence electrons. The van der Waals surface area contributed by atoms with E-state index in [2.05, 4.69) is 15.3 Å². The van der Waals surface area contributed by atoms with Crippen LogP contribution in [0.25, 0.3) is 10.9 Å². The van der Waals surface area contributed by atoms with Crippen LogP contribution in [0.3, 0.4) is 0 Å². The molecule has 1 N–H and O–H groups in total. The summed E-state index contributed by atoms with van der Waals surface area (Å²) < 4.78 is 5.23. The molecular formula is C14H17N3O. The molecule has 0 aliphatic carbocycles. The Morgan fingerprint density at radius 1 is 1.44 bits per heavy atom. The Balaban J connectivity index is 1.88. The van der Waals surface area contributed by atoms with Crippen LogP contribution in [0.4, 0.5) is 0 Å². The molecule has 0 bridgehead atoms. The molecule has 0 amide bonds. The van der Waals surface area contributed by atoms with Crippen molar-refractivity contribution in [2.45, 2.75) is 12.8 Å². The molecular weight excluding hydrogens is 226 g/mol. The van der Waals surface area contributed by atoms with Crippen molar-refractivity contribution in [3.05, 3.63) is 30.2 Å². The van der Waals surface area contributed by atoms with E-state index in [0.29, 0.717) is 5.92 Å². The van der Waals surface area contributed by atoms with Gasteiger partial charge in [0.2, 0.25) is 0 Å². The molecule has 18 heavy (non-hydrogen) atoms. The average molecular weight is 243 g/mol. The van der Waals surface area contributed by atoms with Crippen molar-refractivity contribution < 1.29 is 4.74 Å². The maximum absolute atomic E-state index is 5.23. The Bertz CT molecular complexity index is 550. The Labute approximate surface area is 106 Å². The number of rotatable bonds is 3. The summed E-state index contributed by atoms with van der Waals surface area (Å²) in [6.45, 7) is 2.20. The molecule has 4 heteroatoms. The highest BCUT2D eigenvalue weighted by atomic mass is 16.5. The van der Waals surface area contributed by atoms with Gasteiger partial charge >= 0.3 is 0 Å². The number of aromatic nitrogens is 2. The minimum atomic E-state index is 0.674. The summed E-state index contributed by atoms with van der Waals surface area (Å²) in [7, 11) is 1.67. The fraction of sp³-hybridized carbons (Fsp3) is 0.429. The van der Waals surface area contributed by atoms with Gasteiger partial charge in [0.05, 0.1) is 12.6 Å². The van der Waals surface area contributed by atoms with Crippen molar-refractivity contribution in [3.63, 3.8) is 0 Å². The fourth-order valence-corrected chi connectivity index (χ4v) is 2.41. The fourth-order valence-electron chi connectivity index (χ4n) is 2.41. The van der Waals surface area contributed by atoms with Crippen LogP contribution >= 0.6 is 0 Å². The van der Waals surface area contributed by atoms with Gasteiger partial charge in [0.1, 0.15) is 11.6 Å². The van der Waals surface area contributed by atoms with E-state index < -0.39 is 0 Å². The number of methoxy groups -OCH3 is 1. The van der Waals surface area contributed by atoms with E-state index in [0.717, 1.165) is 42.0 Å². The standard InChI is InChI=1S/C14H17N3O/c1-18-12-3-2-11-9-16-14(17-13(11)7-12)6-10-4-5-15-8-10/h2-3,7,9-10,15H,4-6,8H2,1H3. The van der Waals surface area contributed by atoms with Gasteiger partial charge in [0.15, 0.2) is 0 Å². The smallest absolute Gasteiger partial charge is 0.129 e. The predicted molar refractivity (Wildman–Crippen MR) is 70.8 cm³/mol. The Morgan fingerprint density at radius 2 is 2.39 bits per heavy atom. The highest BCUT2D eigenvalue weighted by molar-refractivity contribution is 5.79. The third-order valence-corrected chi connectivity index (χ3v) is 3.47. The first kappa shape index (κ1) is 11.4. The molecule has 0 radical (unpaired) electrons. The van der Waals surface area contributed by atoms with E-state index in [9.17, 15) is 0 Å². The summed E-state index contributed by atoms with van der Waals surface area (Å²) in [6, 6.07) is 5.90. The monoisotopic (exact) mass is 243 g/mol. The highest BCUT2D eigenvalue weighted by Crippen LogP contribution is 2.20. The molecule has 1 aliphatic rings. The molecule has 1 aliphatic heterocycles. The molecule has 0 spiro atoms. The number of fused-ring (bicyclic) bond motifs is 1. The second-order valence-corrected chi connectivity index (χ2v) is 4.77. The molecule has 1 aromatic heterocycles. The first-order valence-corrected chi connectivity index (χ1v) is 6.35. The van der Waals surface area contributed by atoms with Gasteiger partial charge in [-0.1, -0.05) is 0 Å². The number of ether oxygens (including phenoxy) is 1. The van der Waals surface area contributed by atoms with Crippen LogP contribution in [0, 0.1) is 5.92 Å². The minimum Gasteiger partial charge on any atom is -0.497 e. The number of nitrogens with zero attached hydrogens (tertiary/aromatic N) is 2. The van der Waals surface area contributed by atoms with Crippen LogP contribution in [-0.4, -0.2) is 30.2 Å². The largest absolute Gasteiger partial charge is 0.497 e. The van der Waals surface area contributed by atoms with E-state index >= 15 is 0 Å². The van der Waals surface area contributed by atoms with Gasteiger partial charge in [-0.3, -0.25) is 0 Å². The van der Waals surface area contributed by atoms with Crippen molar-refractivity contribution in [1.82, 2.24) is 15.3 Å². The summed E-state index contributed by atoms with van der Waals surface area (Å²) in [5, 5.41) is 4.43. The van der Waals surface area contributed by atoms with Gasteiger partial charge in [-0.05, 0) is 37.6 Å². The first-order valence-electron chi connectivity index (χ1n) is 6.35. The Hall–Kier alpha value is -1.68. The molecule has 4 nitrogen and oxygen atoms in total. The molecule has 1 aromatic carbocycles. The maximum atomic E-state index is 5.23. The number of hydrogen-bond donors (Lipinski definition) is 1. The molecule has 0 saturated carbocycles. The van der Waals surface area contributed by atoms with Crippen LogP contribution in [0.15, 0.2) is 24.4 Å². The Morgan fingerprint density at radius 3 is 3.17 bits per heavy atom. The zero-order chi connectivity index (χ0) is 12.4. The average Bonchev–Trinajstić information content (AvgIpc) is 2.90. The lowest BCUT2D eigenvalue weighted by Gasteiger charge is -2.08. The van der Waals surface area contributed by atoms with E-state index in [-0.39, 0.29) is 0 Å². The van der Waals surface area contributed by atoms with E-state index in [1.165, 1.54) is 6.42 Å². The van der Waals surface area contributed by atoms with Crippen LogP contribution < -0.4 is 10.1 Å². The lowest BCUT2D eigenvalue weighted by Crippen LogP contribution is -2.12. The topological polar surface area (TPSA) is 47.0 Å². The highest BCUT2D eigenvalue weighted by Gasteiger charge is 2.16. The molecule has 1 fully saturated rings. The molecule has 2 heterocycles. The molecule has 1 unspecified atom stereocenters. The van der Waals surface area contributed by atoms with Gasteiger partial charge in [-0.15, -0.1) is 0 Å². The normalized spacial score (nSPS) is 19.3. The SMILES string of the molecule is COc1ccc2cnc(CC3CCNC3)nc2c1. The minimum absolute atomic E-state index is 0.674. The number of hydrogen-bond acceptors (Lipinski definition) is 4. The maximum Gasteiger partial charge on any atom is 0.129 e. The number of nitrogens with one attached hydrogen (secondary N) is 1. The zero-order valence-electron chi connectivity index (χ0n) is 10.5. The number of benzene rings is 1. The zero-order valence-corrected chi connectivity index (χ0v) is 10.5.